The number of rotatable bonds is 5. The zero-order chi connectivity index (χ0) is 8.85. The highest BCUT2D eigenvalue weighted by Crippen LogP contribution is 2.10. The minimum absolute atomic E-state index is 0.169. The molecular weight excluding hydrogens is 189 g/mol. The van der Waals surface area contributed by atoms with E-state index in [9.17, 15) is 4.79 Å². The van der Waals surface area contributed by atoms with Gasteiger partial charge in [-0.3, -0.25) is 4.79 Å². The fourth-order valence-electron chi connectivity index (χ4n) is 0.697. The van der Waals surface area contributed by atoms with E-state index in [1.54, 1.807) is 0 Å². The lowest BCUT2D eigenvalue weighted by molar-refractivity contribution is -0.137. The Labute approximate surface area is 76.1 Å². The molecule has 1 N–H and O–H groups in total. The number of carboxylic acid groups (broad SMARTS) is 1. The molecule has 66 valence electrons. The average Bonchev–Trinajstić information content (AvgIpc) is 1.82. The molecule has 3 nitrogen and oxygen atoms in total. The first-order valence-corrected chi connectivity index (χ1v) is 4.01. The van der Waals surface area contributed by atoms with Crippen molar-refractivity contribution in [3.63, 3.8) is 0 Å². The Morgan fingerprint density at radius 3 is 2.55 bits per heavy atom. The van der Waals surface area contributed by atoms with E-state index in [0.717, 1.165) is 3.94 Å². The van der Waals surface area contributed by atoms with E-state index < -0.39 is 5.97 Å². The van der Waals surface area contributed by atoms with E-state index in [-0.39, 0.29) is 12.3 Å². The largest absolute Gasteiger partial charge is 0.481 e. The van der Waals surface area contributed by atoms with Crippen LogP contribution in [-0.2, 0) is 4.79 Å². The molecule has 0 aliphatic heterocycles. The lowest BCUT2D eigenvalue weighted by Crippen LogP contribution is -2.12. The average molecular weight is 200 g/mol. The first-order chi connectivity index (χ1) is 5.02. The number of halogens is 2. The van der Waals surface area contributed by atoms with Gasteiger partial charge in [0.2, 0.25) is 0 Å². The summed E-state index contributed by atoms with van der Waals surface area (Å²) in [5.41, 5.74) is 0. The second kappa shape index (κ2) is 5.63. The number of hydrogen-bond acceptors (Lipinski definition) is 2. The Bertz CT molecular complexity index is 130. The Hall–Kier alpha value is 0.01000. The van der Waals surface area contributed by atoms with E-state index in [1.165, 1.54) is 0 Å². The summed E-state index contributed by atoms with van der Waals surface area (Å²) in [7, 11) is 0. The SMILES string of the molecule is CC(CCC(=O)O)CN(Cl)Cl. The molecule has 0 radical (unpaired) electrons. The van der Waals surface area contributed by atoms with Crippen LogP contribution in [0.2, 0.25) is 0 Å². The van der Waals surface area contributed by atoms with Crippen molar-refractivity contribution in [1.82, 2.24) is 3.94 Å². The van der Waals surface area contributed by atoms with Gasteiger partial charge in [-0.15, -0.1) is 3.94 Å². The molecule has 5 heteroatoms. The van der Waals surface area contributed by atoms with E-state index in [1.807, 2.05) is 6.92 Å². The molecule has 0 aromatic rings. The summed E-state index contributed by atoms with van der Waals surface area (Å²) in [5, 5.41) is 8.32. The molecule has 0 aromatic carbocycles. The van der Waals surface area contributed by atoms with Crippen LogP contribution in [0.15, 0.2) is 0 Å². The van der Waals surface area contributed by atoms with Crippen LogP contribution in [0.1, 0.15) is 19.8 Å². The predicted molar refractivity (Wildman–Crippen MR) is 44.4 cm³/mol. The number of carboxylic acids is 1. The van der Waals surface area contributed by atoms with Gasteiger partial charge in [0.1, 0.15) is 0 Å². The summed E-state index contributed by atoms with van der Waals surface area (Å²) in [6.45, 7) is 2.40. The van der Waals surface area contributed by atoms with Gasteiger partial charge in [0.15, 0.2) is 0 Å². The fraction of sp³-hybridized carbons (Fsp3) is 0.833. The zero-order valence-electron chi connectivity index (χ0n) is 6.26. The third-order valence-corrected chi connectivity index (χ3v) is 1.58. The van der Waals surface area contributed by atoms with Gasteiger partial charge in [-0.2, -0.15) is 0 Å². The van der Waals surface area contributed by atoms with Crippen molar-refractivity contribution in [3.05, 3.63) is 0 Å². The molecule has 0 bridgehead atoms. The van der Waals surface area contributed by atoms with Crippen LogP contribution in [0.3, 0.4) is 0 Å². The smallest absolute Gasteiger partial charge is 0.303 e. The van der Waals surface area contributed by atoms with E-state index in [4.69, 9.17) is 28.7 Å². The van der Waals surface area contributed by atoms with Crippen molar-refractivity contribution in [2.75, 3.05) is 6.54 Å². The highest BCUT2D eigenvalue weighted by molar-refractivity contribution is 6.33. The van der Waals surface area contributed by atoms with Crippen molar-refractivity contribution >= 4 is 29.5 Å². The van der Waals surface area contributed by atoms with Crippen LogP contribution in [0.25, 0.3) is 0 Å². The molecule has 1 unspecified atom stereocenters. The normalized spacial score (nSPS) is 13.5. The topological polar surface area (TPSA) is 40.5 Å². The maximum absolute atomic E-state index is 10.1. The molecule has 0 spiro atoms. The molecule has 0 fully saturated rings. The maximum Gasteiger partial charge on any atom is 0.303 e. The van der Waals surface area contributed by atoms with Gasteiger partial charge in [0.25, 0.3) is 0 Å². The third-order valence-electron chi connectivity index (χ3n) is 1.30. The lowest BCUT2D eigenvalue weighted by atomic mass is 10.1. The van der Waals surface area contributed by atoms with Crippen LogP contribution in [0, 0.1) is 5.92 Å². The molecule has 0 saturated heterocycles. The molecule has 0 aliphatic rings. The molecule has 0 rings (SSSR count). The van der Waals surface area contributed by atoms with Crippen molar-refractivity contribution in [2.24, 2.45) is 5.92 Å². The van der Waals surface area contributed by atoms with Gasteiger partial charge in [0, 0.05) is 13.0 Å². The monoisotopic (exact) mass is 199 g/mol. The highest BCUT2D eigenvalue weighted by Gasteiger charge is 2.07. The van der Waals surface area contributed by atoms with E-state index in [0.29, 0.717) is 13.0 Å². The Kier molecular flexibility index (Phi) is 5.64. The Morgan fingerprint density at radius 2 is 2.18 bits per heavy atom. The van der Waals surface area contributed by atoms with Crippen molar-refractivity contribution in [2.45, 2.75) is 19.8 Å². The van der Waals surface area contributed by atoms with Gasteiger partial charge in [-0.25, -0.2) is 0 Å². The van der Waals surface area contributed by atoms with Gasteiger partial charge in [0.05, 0.1) is 0 Å². The van der Waals surface area contributed by atoms with Crippen LogP contribution in [0.5, 0.6) is 0 Å². The van der Waals surface area contributed by atoms with Crippen LogP contribution >= 0.6 is 23.6 Å². The van der Waals surface area contributed by atoms with Crippen LogP contribution < -0.4 is 0 Å². The fourth-order valence-corrected chi connectivity index (χ4v) is 1.17. The predicted octanol–water partition coefficient (Wildman–Crippen LogP) is 2.10. The Balaban J connectivity index is 3.37. The lowest BCUT2D eigenvalue weighted by Gasteiger charge is -2.10. The van der Waals surface area contributed by atoms with Crippen LogP contribution in [0.4, 0.5) is 0 Å². The summed E-state index contributed by atoms with van der Waals surface area (Å²) < 4.78 is 1.02. The third kappa shape index (κ3) is 7.91. The summed E-state index contributed by atoms with van der Waals surface area (Å²) in [4.78, 5) is 10.1. The van der Waals surface area contributed by atoms with Crippen molar-refractivity contribution < 1.29 is 9.90 Å². The number of carbonyl (C=O) groups is 1. The molecule has 0 amide bonds. The summed E-state index contributed by atoms with van der Waals surface area (Å²) in [6, 6.07) is 0. The summed E-state index contributed by atoms with van der Waals surface area (Å²) >= 11 is 10.7. The molecule has 11 heavy (non-hydrogen) atoms. The molecule has 0 aliphatic carbocycles. The van der Waals surface area contributed by atoms with Crippen molar-refractivity contribution in [3.8, 4) is 0 Å². The quantitative estimate of drug-likeness (QED) is 0.690. The van der Waals surface area contributed by atoms with Gasteiger partial charge < -0.3 is 5.11 Å². The van der Waals surface area contributed by atoms with E-state index >= 15 is 0 Å². The zero-order valence-corrected chi connectivity index (χ0v) is 7.77. The second-order valence-corrected chi connectivity index (χ2v) is 3.51. The molecule has 1 atom stereocenters. The number of hydrogen-bond donors (Lipinski definition) is 1. The molecule has 0 saturated carbocycles. The molecular formula is C6H11Cl2NO2. The van der Waals surface area contributed by atoms with E-state index in [2.05, 4.69) is 0 Å². The standard InChI is InChI=1S/C6H11Cl2NO2/c1-5(4-9(7)8)2-3-6(10)11/h5H,2-4H2,1H3,(H,10,11). The molecule has 0 heterocycles. The first kappa shape index (κ1) is 11.0. The number of aliphatic carboxylic acids is 1. The minimum atomic E-state index is -0.785. The summed E-state index contributed by atoms with van der Waals surface area (Å²) in [5.74, 6) is -0.575. The van der Waals surface area contributed by atoms with Gasteiger partial charge in [-0.1, -0.05) is 6.92 Å². The minimum Gasteiger partial charge on any atom is -0.481 e. The Morgan fingerprint density at radius 1 is 1.64 bits per heavy atom. The maximum atomic E-state index is 10.1. The summed E-state index contributed by atoms with van der Waals surface area (Å²) in [6.07, 6.45) is 0.772. The number of nitrogens with zero attached hydrogens (tertiary/aromatic N) is 1. The van der Waals surface area contributed by atoms with Crippen LogP contribution in [-0.4, -0.2) is 21.6 Å². The van der Waals surface area contributed by atoms with Gasteiger partial charge >= 0.3 is 5.97 Å². The second-order valence-electron chi connectivity index (χ2n) is 2.52. The van der Waals surface area contributed by atoms with Crippen molar-refractivity contribution in [1.29, 1.82) is 0 Å². The highest BCUT2D eigenvalue weighted by atomic mass is 35.5. The first-order valence-electron chi connectivity index (χ1n) is 3.33. The van der Waals surface area contributed by atoms with Gasteiger partial charge in [-0.05, 0) is 35.9 Å². The molecule has 0 aromatic heterocycles.